The summed E-state index contributed by atoms with van der Waals surface area (Å²) in [5.41, 5.74) is 10.7. The number of carbonyl (C=O) groups excluding carboxylic acids is 4. The number of carboxylic acid groups (broad SMARTS) is 2. The normalized spacial score (nSPS) is 13.1. The van der Waals surface area contributed by atoms with Crippen LogP contribution in [0.5, 0.6) is 0 Å². The Kier molecular flexibility index (Phi) is 24.8. The summed E-state index contributed by atoms with van der Waals surface area (Å²) in [6.45, 7) is 5.82. The van der Waals surface area contributed by atoms with Crippen LogP contribution in [0.4, 0.5) is 43.7 Å². The first kappa shape index (κ1) is 71.7. The van der Waals surface area contributed by atoms with Crippen molar-refractivity contribution in [1.29, 1.82) is 0 Å². The quantitative estimate of drug-likeness (QED) is 0.0265. The second-order valence-corrected chi connectivity index (χ2v) is 27.5. The van der Waals surface area contributed by atoms with Crippen LogP contribution in [0.2, 0.25) is 0 Å². The third-order valence-electron chi connectivity index (χ3n) is 17.1. The van der Waals surface area contributed by atoms with Crippen LogP contribution in [-0.4, -0.2) is 76.0 Å². The van der Waals surface area contributed by atoms with Crippen molar-refractivity contribution in [3.05, 3.63) is 244 Å². The van der Waals surface area contributed by atoms with E-state index in [-0.39, 0.29) is 60.4 Å². The highest BCUT2D eigenvalue weighted by molar-refractivity contribution is 7.93. The Morgan fingerprint density at radius 2 is 1.04 bits per heavy atom. The van der Waals surface area contributed by atoms with Gasteiger partial charge < -0.3 is 31.5 Å². The van der Waals surface area contributed by atoms with Gasteiger partial charge in [0, 0.05) is 47.0 Å². The van der Waals surface area contributed by atoms with Crippen molar-refractivity contribution in [1.82, 2.24) is 10.6 Å². The molecule has 10 rings (SSSR count). The molecule has 2 aliphatic carbocycles. The zero-order chi connectivity index (χ0) is 69.8. The molecule has 2 aliphatic rings. The molecule has 8 aromatic rings. The van der Waals surface area contributed by atoms with Crippen LogP contribution in [0.1, 0.15) is 143 Å². The maximum atomic E-state index is 14.0. The lowest BCUT2D eigenvalue weighted by atomic mass is 9.84. The number of benzene rings is 8. The molecule has 0 heterocycles. The predicted octanol–water partition coefficient (Wildman–Crippen LogP) is 15.0. The number of aryl methyl sites for hydroxylation is 3. The van der Waals surface area contributed by atoms with E-state index in [0.717, 1.165) is 66.3 Å². The molecule has 98 heavy (non-hydrogen) atoms. The Labute approximate surface area is 572 Å². The van der Waals surface area contributed by atoms with Gasteiger partial charge in [-0.05, 0) is 200 Å². The lowest BCUT2D eigenvalue weighted by Crippen LogP contribution is -2.35. The van der Waals surface area contributed by atoms with Crippen molar-refractivity contribution in [3.8, 4) is 0 Å². The molecule has 22 heteroatoms. The minimum absolute atomic E-state index is 0.00854. The summed E-state index contributed by atoms with van der Waals surface area (Å²) in [4.78, 5) is 77.6. The van der Waals surface area contributed by atoms with Gasteiger partial charge in [0.2, 0.25) is 0 Å². The standard InChI is InChI=1S/C38H42N4O6S.C38H40N4O6S/c1-26-8-6-7-11-34(26)41-49(47,48)35-24-32(19-12-27(35)2)40-38(46)42(33-20-17-30(18-21-33)29-9-4-3-5-10-29)25-28-13-15-31(16-14-28)37(45)39-23-22-36(43)44;1-2-27-9-8-12-32(25-27)41-49(47,48)35-14-7-6-13-34(35)40-38(46)42(33-21-19-30(20-22-33)29-10-4-3-5-11-29)26-28-15-17-31(18-16-28)37(45)39-24-23-36(43)44/h6-8,11-21,24,29,41H,3-5,9-10,22-23,25H2,1-2H3,(H,39,45)(H,40,46)(H,43,44);6-10,12-22,25,41H,2-5,11,23-24,26H2,1H3,(H,39,45)(H,40,46)(H,43,44). The van der Waals surface area contributed by atoms with E-state index in [1.165, 1.54) is 53.9 Å². The molecule has 8 aromatic carbocycles. The van der Waals surface area contributed by atoms with Crippen LogP contribution in [0.15, 0.2) is 204 Å². The molecule has 20 nitrogen and oxygen atoms in total. The summed E-state index contributed by atoms with van der Waals surface area (Å²) in [5.74, 6) is -2.29. The summed E-state index contributed by atoms with van der Waals surface area (Å²) in [6, 6.07) is 53.5. The van der Waals surface area contributed by atoms with Crippen molar-refractivity contribution >= 4 is 95.6 Å². The molecule has 0 unspecified atom stereocenters. The first-order valence-corrected chi connectivity index (χ1v) is 35.7. The molecule has 510 valence electrons. The predicted molar refractivity (Wildman–Crippen MR) is 384 cm³/mol. The maximum Gasteiger partial charge on any atom is 0.326 e. The second kappa shape index (κ2) is 33.9. The van der Waals surface area contributed by atoms with Gasteiger partial charge in [-0.1, -0.05) is 129 Å². The summed E-state index contributed by atoms with van der Waals surface area (Å²) in [5, 5.41) is 28.6. The Bertz CT molecular complexity index is 4410. The number of aliphatic carboxylic acids is 2. The number of hydrogen-bond donors (Lipinski definition) is 8. The van der Waals surface area contributed by atoms with E-state index in [0.29, 0.717) is 51.0 Å². The number of nitrogens with one attached hydrogen (secondary N) is 6. The summed E-state index contributed by atoms with van der Waals surface area (Å²) in [7, 11) is -8.03. The number of rotatable bonds is 25. The molecule has 6 amide bonds. The molecule has 8 N–H and O–H groups in total. The van der Waals surface area contributed by atoms with Gasteiger partial charge >= 0.3 is 24.0 Å². The van der Waals surface area contributed by atoms with Gasteiger partial charge in [0.1, 0.15) is 4.90 Å². The van der Waals surface area contributed by atoms with E-state index in [1.807, 2.05) is 68.4 Å². The van der Waals surface area contributed by atoms with Crippen molar-refractivity contribution in [2.24, 2.45) is 0 Å². The molecule has 0 atom stereocenters. The van der Waals surface area contributed by atoms with Crippen LogP contribution in [0.3, 0.4) is 0 Å². The molecular formula is C76H82N8O12S2. The number of sulfonamides is 2. The number of urea groups is 2. The highest BCUT2D eigenvalue weighted by Crippen LogP contribution is 2.35. The average Bonchev–Trinajstić information content (AvgIpc) is 0.820. The first-order valence-electron chi connectivity index (χ1n) is 32.8. The number of allylic oxidation sites excluding steroid dienone is 2. The Balaban J connectivity index is 0.000000229. The van der Waals surface area contributed by atoms with Gasteiger partial charge in [-0.25, -0.2) is 26.4 Å². The Morgan fingerprint density at radius 3 is 1.60 bits per heavy atom. The smallest absolute Gasteiger partial charge is 0.326 e. The van der Waals surface area contributed by atoms with Crippen LogP contribution in [0.25, 0.3) is 5.57 Å². The van der Waals surface area contributed by atoms with Crippen molar-refractivity contribution in [2.45, 2.75) is 127 Å². The van der Waals surface area contributed by atoms with E-state index in [1.54, 1.807) is 121 Å². The summed E-state index contributed by atoms with van der Waals surface area (Å²) in [6.07, 6.45) is 13.0. The molecule has 1 saturated carbocycles. The van der Waals surface area contributed by atoms with Crippen molar-refractivity contribution in [2.75, 3.05) is 43.0 Å². The lowest BCUT2D eigenvalue weighted by molar-refractivity contribution is -0.137. The lowest BCUT2D eigenvalue weighted by Gasteiger charge is -2.26. The van der Waals surface area contributed by atoms with E-state index in [9.17, 15) is 45.6 Å². The molecule has 0 bridgehead atoms. The number of anilines is 6. The molecule has 0 saturated heterocycles. The molecule has 1 fully saturated rings. The number of hydrogen-bond acceptors (Lipinski definition) is 10. The number of carbonyl (C=O) groups is 6. The van der Waals surface area contributed by atoms with Gasteiger partial charge in [-0.3, -0.25) is 38.4 Å². The maximum absolute atomic E-state index is 14.0. The monoisotopic (exact) mass is 1360 g/mol. The van der Waals surface area contributed by atoms with Gasteiger partial charge in [0.05, 0.1) is 42.2 Å². The SMILES string of the molecule is CCc1cccc(NS(=O)(=O)c2ccccc2NC(=O)N(Cc2ccc(C(=O)NCCC(=O)O)cc2)c2ccc(C3=CCCCC3)cc2)c1.Cc1ccccc1NS(=O)(=O)c1cc(NC(=O)N(Cc2ccc(C(=O)NCCC(=O)O)cc2)c2ccc(C3CCCCC3)cc2)ccc1C. The van der Waals surface area contributed by atoms with E-state index in [4.69, 9.17) is 10.2 Å². The number of amides is 6. The Morgan fingerprint density at radius 1 is 0.490 bits per heavy atom. The zero-order valence-corrected chi connectivity index (χ0v) is 56.7. The summed E-state index contributed by atoms with van der Waals surface area (Å²) < 4.78 is 59.3. The van der Waals surface area contributed by atoms with Gasteiger partial charge in [-0.15, -0.1) is 0 Å². The third-order valence-corrected chi connectivity index (χ3v) is 20.0. The van der Waals surface area contributed by atoms with Crippen LogP contribution >= 0.6 is 0 Å². The van der Waals surface area contributed by atoms with Crippen molar-refractivity contribution in [3.63, 3.8) is 0 Å². The van der Waals surface area contributed by atoms with E-state index < -0.39 is 50.0 Å². The van der Waals surface area contributed by atoms with Crippen LogP contribution < -0.4 is 40.5 Å². The minimum atomic E-state index is -4.07. The zero-order valence-electron chi connectivity index (χ0n) is 55.1. The fourth-order valence-electron chi connectivity index (χ4n) is 11.6. The molecule has 0 aliphatic heterocycles. The molecule has 0 radical (unpaired) electrons. The van der Waals surface area contributed by atoms with E-state index in [2.05, 4.69) is 48.9 Å². The number of para-hydroxylation sites is 2. The van der Waals surface area contributed by atoms with Crippen LogP contribution in [0, 0.1) is 13.8 Å². The highest BCUT2D eigenvalue weighted by atomic mass is 32.2. The average molecular weight is 1360 g/mol. The molecule has 0 spiro atoms. The number of carboxylic acids is 2. The van der Waals surface area contributed by atoms with Crippen LogP contribution in [-0.2, 0) is 49.1 Å². The Hall–Kier alpha value is -10.6. The topological polar surface area (TPSA) is 290 Å². The largest absolute Gasteiger partial charge is 0.481 e. The van der Waals surface area contributed by atoms with E-state index >= 15 is 0 Å². The van der Waals surface area contributed by atoms with Crippen molar-refractivity contribution < 1.29 is 55.8 Å². The fraction of sp³-hybridized carbons (Fsp3) is 0.263. The second-order valence-electron chi connectivity index (χ2n) is 24.2. The highest BCUT2D eigenvalue weighted by Gasteiger charge is 2.26. The first-order chi connectivity index (χ1) is 47.1. The minimum Gasteiger partial charge on any atom is -0.481 e. The van der Waals surface area contributed by atoms with Gasteiger partial charge in [0.25, 0.3) is 31.9 Å². The molecular weight excluding hydrogens is 1280 g/mol. The van der Waals surface area contributed by atoms with Gasteiger partial charge in [0.15, 0.2) is 0 Å². The molecule has 0 aromatic heterocycles. The van der Waals surface area contributed by atoms with Gasteiger partial charge in [-0.2, -0.15) is 0 Å². The number of nitrogens with zero attached hydrogens (tertiary/aromatic N) is 2. The fourth-order valence-corrected chi connectivity index (χ4v) is 14.3. The summed E-state index contributed by atoms with van der Waals surface area (Å²) >= 11 is 0. The third kappa shape index (κ3) is 20.0.